The van der Waals surface area contributed by atoms with Gasteiger partial charge in [-0.15, -0.1) is 0 Å². The fraction of sp³-hybridized carbons (Fsp3) is 0.333. The molecule has 1 aliphatic heterocycles. The van der Waals surface area contributed by atoms with E-state index >= 15 is 0 Å². The van der Waals surface area contributed by atoms with Gasteiger partial charge in [0.1, 0.15) is 12.3 Å². The van der Waals surface area contributed by atoms with Crippen LogP contribution in [0.25, 0.3) is 0 Å². The van der Waals surface area contributed by atoms with E-state index in [4.69, 9.17) is 5.73 Å². The van der Waals surface area contributed by atoms with E-state index in [1.54, 1.807) is 0 Å². The third-order valence-electron chi connectivity index (χ3n) is 2.96. The van der Waals surface area contributed by atoms with Gasteiger partial charge in [0.25, 0.3) is 0 Å². The van der Waals surface area contributed by atoms with Crippen molar-refractivity contribution in [1.29, 1.82) is 0 Å². The van der Waals surface area contributed by atoms with Crippen LogP contribution in [0.15, 0.2) is 30.3 Å². The first-order valence-corrected chi connectivity index (χ1v) is 5.62. The zero-order valence-electron chi connectivity index (χ0n) is 9.74. The van der Waals surface area contributed by atoms with Crippen LogP contribution in [0.5, 0.6) is 0 Å². The van der Waals surface area contributed by atoms with Gasteiger partial charge in [0.15, 0.2) is 0 Å². The van der Waals surface area contributed by atoms with Crippen molar-refractivity contribution in [2.75, 3.05) is 13.1 Å². The molecule has 0 saturated carbocycles. The van der Waals surface area contributed by atoms with Gasteiger partial charge in [0.2, 0.25) is 11.8 Å². The molecule has 0 aliphatic carbocycles. The Morgan fingerprint density at radius 2 is 2.17 bits per heavy atom. The SMILES string of the molecule is NCC(=O)N[C@@]1(O)C(c2ccccc2)N1CC=O. The lowest BCUT2D eigenvalue weighted by atomic mass is 10.1. The maximum atomic E-state index is 11.3. The van der Waals surface area contributed by atoms with Crippen molar-refractivity contribution in [3.05, 3.63) is 35.9 Å². The smallest absolute Gasteiger partial charge is 0.237 e. The van der Waals surface area contributed by atoms with Crippen molar-refractivity contribution in [3.8, 4) is 0 Å². The number of carbonyl (C=O) groups is 2. The van der Waals surface area contributed by atoms with Crippen LogP contribution < -0.4 is 11.1 Å². The van der Waals surface area contributed by atoms with Gasteiger partial charge >= 0.3 is 0 Å². The maximum Gasteiger partial charge on any atom is 0.237 e. The lowest BCUT2D eigenvalue weighted by Gasteiger charge is -2.11. The number of aldehydes is 1. The molecule has 1 heterocycles. The summed E-state index contributed by atoms with van der Waals surface area (Å²) in [6, 6.07) is 8.76. The third kappa shape index (κ3) is 2.13. The van der Waals surface area contributed by atoms with Crippen LogP contribution in [0.4, 0.5) is 0 Å². The van der Waals surface area contributed by atoms with Crippen LogP contribution in [-0.2, 0) is 9.59 Å². The number of carbonyl (C=O) groups excluding carboxylic acids is 2. The molecule has 1 aromatic carbocycles. The molecule has 1 amide bonds. The molecule has 6 heteroatoms. The number of nitrogens with two attached hydrogens (primary N) is 1. The lowest BCUT2D eigenvalue weighted by molar-refractivity contribution is -0.125. The second kappa shape index (κ2) is 4.85. The van der Waals surface area contributed by atoms with Crippen LogP contribution in [0.2, 0.25) is 0 Å². The topological polar surface area (TPSA) is 95.4 Å². The Balaban J connectivity index is 2.19. The Labute approximate surface area is 104 Å². The molecule has 3 atom stereocenters. The molecule has 0 bridgehead atoms. The summed E-state index contributed by atoms with van der Waals surface area (Å²) in [5, 5.41) is 12.7. The Morgan fingerprint density at radius 3 is 2.72 bits per heavy atom. The predicted octanol–water partition coefficient (Wildman–Crippen LogP) is -1.04. The highest BCUT2D eigenvalue weighted by Crippen LogP contribution is 2.48. The average Bonchev–Trinajstić information content (AvgIpc) is 2.95. The summed E-state index contributed by atoms with van der Waals surface area (Å²) in [7, 11) is 0. The summed E-state index contributed by atoms with van der Waals surface area (Å²) in [6.07, 6.45) is 0.683. The van der Waals surface area contributed by atoms with Gasteiger partial charge in [-0.25, -0.2) is 4.90 Å². The molecule has 4 N–H and O–H groups in total. The quantitative estimate of drug-likeness (QED) is 0.352. The van der Waals surface area contributed by atoms with E-state index in [9.17, 15) is 14.7 Å². The maximum absolute atomic E-state index is 11.3. The van der Waals surface area contributed by atoms with E-state index in [-0.39, 0.29) is 13.1 Å². The van der Waals surface area contributed by atoms with E-state index in [0.717, 1.165) is 5.56 Å². The monoisotopic (exact) mass is 249 g/mol. The lowest BCUT2D eigenvalue weighted by Crippen LogP contribution is -2.44. The number of rotatable bonds is 5. The number of benzene rings is 1. The molecule has 96 valence electrons. The standard InChI is InChI=1S/C12H15N3O3/c13-8-10(17)14-12(18)11(15(12)6-7-16)9-4-2-1-3-5-9/h1-5,7,11,18H,6,8,13H2,(H,14,17)/t11?,12-,15?/m0/s1. The molecule has 2 unspecified atom stereocenters. The van der Waals surface area contributed by atoms with Gasteiger partial charge in [-0.3, -0.25) is 4.79 Å². The molecule has 6 nitrogen and oxygen atoms in total. The number of aliphatic hydroxyl groups is 1. The molecule has 0 spiro atoms. The molecule has 1 fully saturated rings. The summed E-state index contributed by atoms with van der Waals surface area (Å²) >= 11 is 0. The van der Waals surface area contributed by atoms with Crippen LogP contribution >= 0.6 is 0 Å². The van der Waals surface area contributed by atoms with Gasteiger partial charge in [-0.05, 0) is 5.56 Å². The Hall–Kier alpha value is -1.76. The van der Waals surface area contributed by atoms with E-state index in [2.05, 4.69) is 5.32 Å². The van der Waals surface area contributed by atoms with Gasteiger partial charge in [-0.2, -0.15) is 0 Å². The highest BCUT2D eigenvalue weighted by Gasteiger charge is 2.63. The molecule has 1 aromatic rings. The van der Waals surface area contributed by atoms with Crippen molar-refractivity contribution in [2.24, 2.45) is 5.73 Å². The van der Waals surface area contributed by atoms with E-state index in [1.165, 1.54) is 4.90 Å². The third-order valence-corrected chi connectivity index (χ3v) is 2.96. The Morgan fingerprint density at radius 1 is 1.50 bits per heavy atom. The van der Waals surface area contributed by atoms with E-state index in [1.807, 2.05) is 30.3 Å². The molecule has 0 aromatic heterocycles. The molecule has 1 aliphatic rings. The Bertz CT molecular complexity index is 451. The summed E-state index contributed by atoms with van der Waals surface area (Å²) in [6.45, 7) is -0.167. The fourth-order valence-corrected chi connectivity index (χ4v) is 2.10. The van der Waals surface area contributed by atoms with Crippen molar-refractivity contribution in [1.82, 2.24) is 10.2 Å². The number of hydrogen-bond donors (Lipinski definition) is 3. The van der Waals surface area contributed by atoms with Crippen molar-refractivity contribution >= 4 is 12.2 Å². The second-order valence-electron chi connectivity index (χ2n) is 4.11. The van der Waals surface area contributed by atoms with Crippen LogP contribution in [0, 0.1) is 0 Å². The zero-order valence-corrected chi connectivity index (χ0v) is 9.74. The predicted molar refractivity (Wildman–Crippen MR) is 64.1 cm³/mol. The summed E-state index contributed by atoms with van der Waals surface area (Å²) < 4.78 is 0. The van der Waals surface area contributed by atoms with Crippen LogP contribution in [0.3, 0.4) is 0 Å². The highest BCUT2D eigenvalue weighted by molar-refractivity contribution is 5.79. The molecule has 18 heavy (non-hydrogen) atoms. The van der Waals surface area contributed by atoms with Gasteiger partial charge in [-0.1, -0.05) is 30.3 Å². The minimum Gasteiger partial charge on any atom is -0.357 e. The molecular formula is C12H15N3O3. The molecular weight excluding hydrogens is 234 g/mol. The van der Waals surface area contributed by atoms with Crippen LogP contribution in [0.1, 0.15) is 11.6 Å². The number of hydrogen-bond acceptors (Lipinski definition) is 5. The first kappa shape index (κ1) is 12.7. The minimum absolute atomic E-state index is 0.0426. The fourth-order valence-electron chi connectivity index (χ4n) is 2.10. The van der Waals surface area contributed by atoms with Gasteiger partial charge in [0, 0.05) is 0 Å². The van der Waals surface area contributed by atoms with Gasteiger partial charge < -0.3 is 21.0 Å². The molecule has 0 radical (unpaired) electrons. The zero-order chi connectivity index (χ0) is 13.2. The van der Waals surface area contributed by atoms with Crippen molar-refractivity contribution in [3.63, 3.8) is 0 Å². The summed E-state index contributed by atoms with van der Waals surface area (Å²) in [5.74, 6) is -1.98. The molecule has 2 rings (SSSR count). The summed E-state index contributed by atoms with van der Waals surface area (Å²) in [5.41, 5.74) is 6.03. The average molecular weight is 249 g/mol. The van der Waals surface area contributed by atoms with Crippen molar-refractivity contribution < 1.29 is 14.7 Å². The minimum atomic E-state index is -1.52. The number of nitrogens with zero attached hydrogens (tertiary/aromatic N) is 1. The highest BCUT2D eigenvalue weighted by atomic mass is 16.4. The first-order chi connectivity index (χ1) is 8.63. The second-order valence-corrected chi connectivity index (χ2v) is 4.11. The Kier molecular flexibility index (Phi) is 3.42. The first-order valence-electron chi connectivity index (χ1n) is 5.62. The largest absolute Gasteiger partial charge is 0.357 e. The van der Waals surface area contributed by atoms with Gasteiger partial charge in [0.05, 0.1) is 13.1 Å². The van der Waals surface area contributed by atoms with Crippen molar-refractivity contribution in [2.45, 2.75) is 11.9 Å². The van der Waals surface area contributed by atoms with E-state index < -0.39 is 17.8 Å². The van der Waals surface area contributed by atoms with Crippen LogP contribution in [-0.4, -0.2) is 41.1 Å². The molecule has 1 saturated heterocycles. The van der Waals surface area contributed by atoms with E-state index in [0.29, 0.717) is 6.29 Å². The number of nitrogens with one attached hydrogen (secondary N) is 1. The number of amides is 1. The summed E-state index contributed by atoms with van der Waals surface area (Å²) in [4.78, 5) is 23.4. The normalized spacial score (nSPS) is 29.7.